The van der Waals surface area contributed by atoms with Crippen molar-refractivity contribution in [1.82, 2.24) is 25.1 Å². The summed E-state index contributed by atoms with van der Waals surface area (Å²) in [6.07, 6.45) is -0.429. The topological polar surface area (TPSA) is 88.0 Å². The number of fused-ring (bicyclic) bond motifs is 1. The number of anilines is 2. The molecule has 11 heteroatoms. The van der Waals surface area contributed by atoms with Gasteiger partial charge in [-0.05, 0) is 55.9 Å². The van der Waals surface area contributed by atoms with Crippen molar-refractivity contribution in [3.63, 3.8) is 0 Å². The Kier molecular flexibility index (Phi) is 7.40. The lowest BCUT2D eigenvalue weighted by atomic mass is 9.86. The van der Waals surface area contributed by atoms with Gasteiger partial charge in [-0.15, -0.1) is 0 Å². The zero-order valence-corrected chi connectivity index (χ0v) is 21.7. The van der Waals surface area contributed by atoms with Gasteiger partial charge in [0.15, 0.2) is 5.69 Å². The Morgan fingerprint density at radius 1 is 1.00 bits per heavy atom. The molecule has 4 aromatic rings. The molecular weight excluding hydrogens is 507 g/mol. The minimum Gasteiger partial charge on any atom is -0.362 e. The molecule has 2 aromatic carbocycles. The first-order valence-corrected chi connectivity index (χ1v) is 12.9. The number of halogens is 3. The summed E-state index contributed by atoms with van der Waals surface area (Å²) >= 11 is 0. The normalized spacial score (nSPS) is 17.7. The molecular formula is C28H30F3N7O. The maximum Gasteiger partial charge on any atom is 0.434 e. The van der Waals surface area contributed by atoms with E-state index in [2.05, 4.69) is 20.7 Å². The Morgan fingerprint density at radius 3 is 2.38 bits per heavy atom. The molecule has 0 bridgehead atoms. The molecule has 2 heterocycles. The van der Waals surface area contributed by atoms with E-state index in [-0.39, 0.29) is 17.6 Å². The molecule has 1 aliphatic rings. The van der Waals surface area contributed by atoms with Gasteiger partial charge in [0.2, 0.25) is 5.95 Å². The van der Waals surface area contributed by atoms with Crippen molar-refractivity contribution < 1.29 is 18.0 Å². The second kappa shape index (κ2) is 10.9. The summed E-state index contributed by atoms with van der Waals surface area (Å²) in [6.45, 7) is 0.302. The van der Waals surface area contributed by atoms with E-state index in [4.69, 9.17) is 4.98 Å². The molecule has 2 aromatic heterocycles. The van der Waals surface area contributed by atoms with Crippen molar-refractivity contribution >= 4 is 28.6 Å². The standard InChI is InChI=1S/C28H30F3N7O/c1-37(2)25-21-10-6-7-11-23(21)35-27(36-25)34-19-14-12-18(13-15-19)16-32-26(39)22-17-33-38(24(22)28(29,30)31)20-8-4-3-5-9-20/h3-11,17-19H,12-16H2,1-2H3,(H,32,39)(H,34,35,36). The van der Waals surface area contributed by atoms with Gasteiger partial charge in [0.25, 0.3) is 5.91 Å². The Balaban J connectivity index is 1.20. The van der Waals surface area contributed by atoms with Crippen molar-refractivity contribution in [2.75, 3.05) is 30.9 Å². The maximum absolute atomic E-state index is 13.9. The molecule has 1 amide bonds. The number of alkyl halides is 3. The van der Waals surface area contributed by atoms with E-state index in [0.29, 0.717) is 12.5 Å². The number of nitrogens with one attached hydrogen (secondary N) is 2. The van der Waals surface area contributed by atoms with Gasteiger partial charge in [0.1, 0.15) is 5.82 Å². The Hall–Kier alpha value is -4.15. The van der Waals surface area contributed by atoms with E-state index in [0.717, 1.165) is 53.3 Å². The molecule has 0 saturated heterocycles. The first kappa shape index (κ1) is 26.5. The van der Waals surface area contributed by atoms with E-state index in [9.17, 15) is 18.0 Å². The van der Waals surface area contributed by atoms with Gasteiger partial charge in [-0.1, -0.05) is 30.3 Å². The number of nitrogens with zero attached hydrogens (tertiary/aromatic N) is 5. The van der Waals surface area contributed by atoms with Gasteiger partial charge < -0.3 is 15.5 Å². The summed E-state index contributed by atoms with van der Waals surface area (Å²) in [4.78, 5) is 24.1. The van der Waals surface area contributed by atoms with Gasteiger partial charge in [-0.2, -0.15) is 23.3 Å². The number of amides is 1. The highest BCUT2D eigenvalue weighted by atomic mass is 19.4. The quantitative estimate of drug-likeness (QED) is 0.333. The van der Waals surface area contributed by atoms with Crippen LogP contribution in [0.2, 0.25) is 0 Å². The van der Waals surface area contributed by atoms with Crippen molar-refractivity contribution in [2.45, 2.75) is 37.9 Å². The predicted molar refractivity (Wildman–Crippen MR) is 144 cm³/mol. The van der Waals surface area contributed by atoms with Crippen molar-refractivity contribution in [3.8, 4) is 5.69 Å². The smallest absolute Gasteiger partial charge is 0.362 e. The third kappa shape index (κ3) is 5.81. The number of hydrogen-bond donors (Lipinski definition) is 2. The fraction of sp³-hybridized carbons (Fsp3) is 0.357. The van der Waals surface area contributed by atoms with Crippen LogP contribution < -0.4 is 15.5 Å². The van der Waals surface area contributed by atoms with Crippen LogP contribution in [0.5, 0.6) is 0 Å². The second-order valence-electron chi connectivity index (χ2n) is 10.0. The average molecular weight is 538 g/mol. The van der Waals surface area contributed by atoms with Crippen molar-refractivity contribution in [1.29, 1.82) is 0 Å². The van der Waals surface area contributed by atoms with Crippen LogP contribution in [0.1, 0.15) is 41.7 Å². The van der Waals surface area contributed by atoms with Gasteiger partial charge in [0, 0.05) is 32.1 Å². The first-order valence-electron chi connectivity index (χ1n) is 12.9. The summed E-state index contributed by atoms with van der Waals surface area (Å²) in [5.41, 5.74) is -0.454. The molecule has 1 saturated carbocycles. The molecule has 204 valence electrons. The zero-order chi connectivity index (χ0) is 27.6. The van der Waals surface area contributed by atoms with Crippen LogP contribution in [0.3, 0.4) is 0 Å². The molecule has 5 rings (SSSR count). The summed E-state index contributed by atoms with van der Waals surface area (Å²) in [6, 6.07) is 16.0. The van der Waals surface area contributed by atoms with E-state index < -0.39 is 23.3 Å². The van der Waals surface area contributed by atoms with Crippen LogP contribution in [0.25, 0.3) is 16.6 Å². The number of benzene rings is 2. The monoisotopic (exact) mass is 537 g/mol. The van der Waals surface area contributed by atoms with Crippen LogP contribution in [-0.4, -0.2) is 52.3 Å². The van der Waals surface area contributed by atoms with Crippen LogP contribution in [0.4, 0.5) is 24.9 Å². The molecule has 8 nitrogen and oxygen atoms in total. The number of hydrogen-bond acceptors (Lipinski definition) is 6. The van der Waals surface area contributed by atoms with Gasteiger partial charge >= 0.3 is 6.18 Å². The Bertz CT molecular complexity index is 1440. The number of carbonyl (C=O) groups excluding carboxylic acids is 1. The zero-order valence-electron chi connectivity index (χ0n) is 21.7. The minimum absolute atomic E-state index is 0.167. The summed E-state index contributed by atoms with van der Waals surface area (Å²) in [5.74, 6) is 0.809. The predicted octanol–water partition coefficient (Wildman–Crippen LogP) is 5.30. The molecule has 1 aliphatic carbocycles. The Morgan fingerprint density at radius 2 is 1.69 bits per heavy atom. The van der Waals surface area contributed by atoms with E-state index in [1.807, 2.05) is 43.3 Å². The highest BCUT2D eigenvalue weighted by Crippen LogP contribution is 2.34. The first-order chi connectivity index (χ1) is 18.7. The molecule has 1 fully saturated rings. The third-order valence-electron chi connectivity index (χ3n) is 7.02. The molecule has 0 atom stereocenters. The van der Waals surface area contributed by atoms with E-state index in [1.54, 1.807) is 18.2 Å². The molecule has 0 radical (unpaired) electrons. The maximum atomic E-state index is 13.9. The van der Waals surface area contributed by atoms with Crippen molar-refractivity contribution in [2.24, 2.45) is 5.92 Å². The molecule has 0 aliphatic heterocycles. The molecule has 0 unspecified atom stereocenters. The summed E-state index contributed by atoms with van der Waals surface area (Å²) in [7, 11) is 3.89. The fourth-order valence-corrected chi connectivity index (χ4v) is 5.04. The van der Waals surface area contributed by atoms with Gasteiger partial charge in [-0.25, -0.2) is 9.67 Å². The van der Waals surface area contributed by atoms with Crippen LogP contribution in [-0.2, 0) is 6.18 Å². The molecule has 0 spiro atoms. The van der Waals surface area contributed by atoms with Crippen LogP contribution in [0, 0.1) is 5.92 Å². The summed E-state index contributed by atoms with van der Waals surface area (Å²) in [5, 5.41) is 11.0. The number of carbonyl (C=O) groups is 1. The van der Waals surface area contributed by atoms with Crippen LogP contribution in [0.15, 0.2) is 60.8 Å². The third-order valence-corrected chi connectivity index (χ3v) is 7.02. The van der Waals surface area contributed by atoms with Gasteiger partial charge in [-0.3, -0.25) is 4.79 Å². The number of rotatable bonds is 7. The van der Waals surface area contributed by atoms with Gasteiger partial charge in [0.05, 0.1) is 23.0 Å². The SMILES string of the molecule is CN(C)c1nc(NC2CCC(CNC(=O)c3cnn(-c4ccccc4)c3C(F)(F)F)CC2)nc2ccccc12. The lowest BCUT2D eigenvalue weighted by Crippen LogP contribution is -2.35. The van der Waals surface area contributed by atoms with Crippen molar-refractivity contribution in [3.05, 3.63) is 72.1 Å². The highest BCUT2D eigenvalue weighted by molar-refractivity contribution is 5.95. The lowest BCUT2D eigenvalue weighted by Gasteiger charge is -2.29. The highest BCUT2D eigenvalue weighted by Gasteiger charge is 2.40. The Labute approximate surface area is 224 Å². The van der Waals surface area contributed by atoms with E-state index in [1.165, 1.54) is 12.1 Å². The minimum atomic E-state index is -4.74. The lowest BCUT2D eigenvalue weighted by molar-refractivity contribution is -0.143. The van der Waals surface area contributed by atoms with Crippen LogP contribution >= 0.6 is 0 Å². The number of para-hydroxylation sites is 2. The molecule has 2 N–H and O–H groups in total. The largest absolute Gasteiger partial charge is 0.434 e. The average Bonchev–Trinajstić information content (AvgIpc) is 3.39. The number of aromatic nitrogens is 4. The molecule has 39 heavy (non-hydrogen) atoms. The summed E-state index contributed by atoms with van der Waals surface area (Å²) < 4.78 is 42.5. The second-order valence-corrected chi connectivity index (χ2v) is 10.0. The van der Waals surface area contributed by atoms with E-state index >= 15 is 0 Å². The fourth-order valence-electron chi connectivity index (χ4n) is 5.04.